The summed E-state index contributed by atoms with van der Waals surface area (Å²) in [5.74, 6) is 0.711. The molecule has 1 aliphatic heterocycles. The number of rotatable bonds is 3. The second kappa shape index (κ2) is 6.36. The Bertz CT molecular complexity index is 878. The summed E-state index contributed by atoms with van der Waals surface area (Å²) < 4.78 is 28.8. The first-order valence-corrected chi connectivity index (χ1v) is 8.18. The van der Waals surface area contributed by atoms with E-state index in [1.54, 1.807) is 0 Å². The minimum Gasteiger partial charge on any atom is -0.340 e. The van der Waals surface area contributed by atoms with Crippen molar-refractivity contribution in [1.29, 1.82) is 0 Å². The average molecular weight is 344 g/mol. The summed E-state index contributed by atoms with van der Waals surface area (Å²) in [6.07, 6.45) is 1.67. The number of imidazole rings is 1. The monoisotopic (exact) mass is 344 g/mol. The number of para-hydroxylation sites is 2. The minimum atomic E-state index is -0.991. The van der Waals surface area contributed by atoms with Crippen molar-refractivity contribution < 1.29 is 8.78 Å². The highest BCUT2D eigenvalue weighted by atomic mass is 19.1. The molecule has 1 saturated heterocycles. The van der Waals surface area contributed by atoms with Gasteiger partial charge in [0.2, 0.25) is 5.95 Å². The van der Waals surface area contributed by atoms with Crippen molar-refractivity contribution in [2.45, 2.75) is 25.2 Å². The Morgan fingerprint density at radius 1 is 1.20 bits per heavy atom. The van der Waals surface area contributed by atoms with Crippen LogP contribution < -0.4 is 10.6 Å². The highest BCUT2D eigenvalue weighted by molar-refractivity contribution is 5.79. The fourth-order valence-corrected chi connectivity index (χ4v) is 3.16. The van der Waals surface area contributed by atoms with E-state index in [0.717, 1.165) is 23.4 Å². The Kier molecular flexibility index (Phi) is 4.04. The van der Waals surface area contributed by atoms with Crippen molar-refractivity contribution in [2.75, 3.05) is 18.0 Å². The predicted molar refractivity (Wildman–Crippen MR) is 90.5 cm³/mol. The largest absolute Gasteiger partial charge is 0.340 e. The van der Waals surface area contributed by atoms with E-state index in [-0.39, 0.29) is 0 Å². The number of aromatic nitrogens is 4. The molecule has 2 atom stereocenters. The van der Waals surface area contributed by atoms with Crippen LogP contribution in [0, 0.1) is 5.82 Å². The zero-order chi connectivity index (χ0) is 17.4. The molecule has 1 fully saturated rings. The molecule has 130 valence electrons. The Morgan fingerprint density at radius 3 is 2.72 bits per heavy atom. The number of benzene rings is 1. The number of hydrogen-bond donors (Lipinski definition) is 1. The topological polar surface area (TPSA) is 72.9 Å². The molecule has 0 spiro atoms. The van der Waals surface area contributed by atoms with E-state index in [1.165, 1.54) is 0 Å². The lowest BCUT2D eigenvalue weighted by molar-refractivity contribution is 0.243. The average Bonchev–Trinajstić information content (AvgIpc) is 2.98. The molecule has 1 aromatic carbocycles. The molecule has 4 rings (SSSR count). The van der Waals surface area contributed by atoms with E-state index in [4.69, 9.17) is 10.7 Å². The number of piperidine rings is 1. The highest BCUT2D eigenvalue weighted by Crippen LogP contribution is 2.26. The summed E-state index contributed by atoms with van der Waals surface area (Å²) in [4.78, 5) is 14.8. The fraction of sp³-hybridized carbons (Fsp3) is 0.353. The molecule has 0 amide bonds. The summed E-state index contributed by atoms with van der Waals surface area (Å²) in [5, 5.41) is 0. The van der Waals surface area contributed by atoms with Crippen LogP contribution in [0.25, 0.3) is 11.0 Å². The normalized spacial score (nSPS) is 21.0. The van der Waals surface area contributed by atoms with Crippen LogP contribution in [-0.2, 0) is 6.54 Å². The van der Waals surface area contributed by atoms with Crippen LogP contribution in [0.1, 0.15) is 12.2 Å². The van der Waals surface area contributed by atoms with Crippen molar-refractivity contribution in [3.05, 3.63) is 48.3 Å². The molecule has 0 radical (unpaired) electrons. The molecule has 2 N–H and O–H groups in total. The van der Waals surface area contributed by atoms with Gasteiger partial charge in [0, 0.05) is 13.1 Å². The van der Waals surface area contributed by atoms with E-state index in [9.17, 15) is 8.78 Å². The minimum absolute atomic E-state index is 0.348. The first kappa shape index (κ1) is 15.9. The van der Waals surface area contributed by atoms with Crippen molar-refractivity contribution in [1.82, 2.24) is 19.5 Å². The van der Waals surface area contributed by atoms with Gasteiger partial charge in [-0.15, -0.1) is 0 Å². The summed E-state index contributed by atoms with van der Waals surface area (Å²) in [7, 11) is 0. The second-order valence-electron chi connectivity index (χ2n) is 6.22. The van der Waals surface area contributed by atoms with Gasteiger partial charge in [-0.05, 0) is 18.6 Å². The number of anilines is 1. The number of fused-ring (bicyclic) bond motifs is 1. The number of nitrogens with two attached hydrogens (primary N) is 1. The molecule has 3 heterocycles. The molecule has 0 saturated carbocycles. The van der Waals surface area contributed by atoms with Crippen LogP contribution in [0.2, 0.25) is 0 Å². The molecular formula is C17H18F2N6. The lowest BCUT2D eigenvalue weighted by Gasteiger charge is -2.34. The Hall–Kier alpha value is -2.61. The first-order valence-electron chi connectivity index (χ1n) is 8.18. The third-order valence-corrected chi connectivity index (χ3v) is 4.46. The quantitative estimate of drug-likeness (QED) is 0.785. The summed E-state index contributed by atoms with van der Waals surface area (Å²) >= 11 is 0. The van der Waals surface area contributed by atoms with Gasteiger partial charge >= 0.3 is 0 Å². The standard InChI is InChI=1S/C17H18F2N6/c18-11-7-21-16(22-8-11)10-25-15-4-2-1-3-14(15)23-17(25)24-6-5-12(19)13(20)9-24/h1-4,7-8,12-13H,5-6,9-10,20H2/t12?,13-/m1/s1. The smallest absolute Gasteiger partial charge is 0.207 e. The third-order valence-electron chi connectivity index (χ3n) is 4.46. The number of alkyl halides is 1. The molecule has 0 aliphatic carbocycles. The van der Waals surface area contributed by atoms with Crippen LogP contribution in [0.4, 0.5) is 14.7 Å². The lowest BCUT2D eigenvalue weighted by Crippen LogP contribution is -2.50. The van der Waals surface area contributed by atoms with E-state index >= 15 is 0 Å². The fourth-order valence-electron chi connectivity index (χ4n) is 3.16. The zero-order valence-corrected chi connectivity index (χ0v) is 13.5. The molecule has 25 heavy (non-hydrogen) atoms. The molecule has 1 aliphatic rings. The van der Waals surface area contributed by atoms with E-state index in [0.29, 0.717) is 37.8 Å². The molecule has 8 heteroatoms. The van der Waals surface area contributed by atoms with Crippen LogP contribution in [-0.4, -0.2) is 44.8 Å². The SMILES string of the molecule is N[C@@H]1CN(c2nc3ccccc3n2Cc2ncc(F)cn2)CCC1F. The summed E-state index contributed by atoms with van der Waals surface area (Å²) in [6.45, 7) is 1.29. The van der Waals surface area contributed by atoms with Gasteiger partial charge in [0.25, 0.3) is 0 Å². The Labute approximate surface area is 143 Å². The molecule has 2 aromatic heterocycles. The summed E-state index contributed by atoms with van der Waals surface area (Å²) in [5.41, 5.74) is 7.65. The predicted octanol–water partition coefficient (Wildman–Crippen LogP) is 1.89. The van der Waals surface area contributed by atoms with Gasteiger partial charge in [-0.3, -0.25) is 0 Å². The van der Waals surface area contributed by atoms with Gasteiger partial charge in [0.15, 0.2) is 5.82 Å². The number of halogens is 2. The zero-order valence-electron chi connectivity index (χ0n) is 13.5. The van der Waals surface area contributed by atoms with Gasteiger partial charge in [0.05, 0.1) is 36.0 Å². The Morgan fingerprint density at radius 2 is 1.96 bits per heavy atom. The van der Waals surface area contributed by atoms with Gasteiger partial charge in [-0.1, -0.05) is 12.1 Å². The first-order chi connectivity index (χ1) is 12.1. The van der Waals surface area contributed by atoms with E-state index in [1.807, 2.05) is 33.7 Å². The van der Waals surface area contributed by atoms with E-state index in [2.05, 4.69) is 9.97 Å². The van der Waals surface area contributed by atoms with Crippen LogP contribution in [0.3, 0.4) is 0 Å². The van der Waals surface area contributed by atoms with Crippen molar-refractivity contribution in [3.63, 3.8) is 0 Å². The van der Waals surface area contributed by atoms with Crippen LogP contribution in [0.5, 0.6) is 0 Å². The van der Waals surface area contributed by atoms with E-state index < -0.39 is 18.0 Å². The van der Waals surface area contributed by atoms with Crippen molar-refractivity contribution >= 4 is 17.0 Å². The maximum Gasteiger partial charge on any atom is 0.207 e. The maximum atomic E-state index is 13.7. The van der Waals surface area contributed by atoms with Gasteiger partial charge in [-0.25, -0.2) is 23.7 Å². The summed E-state index contributed by atoms with van der Waals surface area (Å²) in [6, 6.07) is 7.18. The maximum absolute atomic E-state index is 13.7. The molecule has 1 unspecified atom stereocenters. The van der Waals surface area contributed by atoms with Crippen LogP contribution in [0.15, 0.2) is 36.7 Å². The molecule has 3 aromatic rings. The molecule has 6 nitrogen and oxygen atoms in total. The second-order valence-corrected chi connectivity index (χ2v) is 6.22. The number of nitrogens with zero attached hydrogens (tertiary/aromatic N) is 5. The van der Waals surface area contributed by atoms with Crippen molar-refractivity contribution in [2.24, 2.45) is 5.73 Å². The van der Waals surface area contributed by atoms with Crippen LogP contribution >= 0.6 is 0 Å². The van der Waals surface area contributed by atoms with Gasteiger partial charge in [0.1, 0.15) is 12.0 Å². The Balaban J connectivity index is 1.74. The van der Waals surface area contributed by atoms with Crippen molar-refractivity contribution in [3.8, 4) is 0 Å². The lowest BCUT2D eigenvalue weighted by atomic mass is 10.1. The third kappa shape index (κ3) is 3.05. The molecule has 0 bridgehead atoms. The van der Waals surface area contributed by atoms with Gasteiger partial charge < -0.3 is 15.2 Å². The number of hydrogen-bond acceptors (Lipinski definition) is 5. The highest BCUT2D eigenvalue weighted by Gasteiger charge is 2.29. The van der Waals surface area contributed by atoms with Gasteiger partial charge in [-0.2, -0.15) is 0 Å². The molecular weight excluding hydrogens is 326 g/mol.